The summed E-state index contributed by atoms with van der Waals surface area (Å²) >= 11 is 0. The summed E-state index contributed by atoms with van der Waals surface area (Å²) in [6.07, 6.45) is 1.24. The minimum Gasteiger partial charge on any atom is -0.389 e. The van der Waals surface area contributed by atoms with Crippen molar-refractivity contribution in [2.75, 3.05) is 0 Å². The first-order valence-corrected chi connectivity index (χ1v) is 4.41. The number of hydrogen-bond donors (Lipinski definition) is 2. The Morgan fingerprint density at radius 2 is 2.29 bits per heavy atom. The summed E-state index contributed by atoms with van der Waals surface area (Å²) in [5, 5.41) is 19.3. The van der Waals surface area contributed by atoms with Gasteiger partial charge in [-0.2, -0.15) is 5.26 Å². The van der Waals surface area contributed by atoms with Crippen LogP contribution in [0, 0.1) is 11.3 Å². The maximum atomic E-state index is 9.53. The van der Waals surface area contributed by atoms with Crippen LogP contribution in [0.2, 0.25) is 0 Å². The van der Waals surface area contributed by atoms with Gasteiger partial charge in [0.2, 0.25) is 0 Å². The van der Waals surface area contributed by atoms with E-state index in [0.717, 1.165) is 16.5 Å². The SMILES string of the molecule is CC(O)c1cc(C#N)cc2cc[nH]c12. The summed E-state index contributed by atoms with van der Waals surface area (Å²) in [5.74, 6) is 0. The third kappa shape index (κ3) is 1.26. The molecule has 0 aliphatic rings. The van der Waals surface area contributed by atoms with Gasteiger partial charge in [-0.3, -0.25) is 0 Å². The smallest absolute Gasteiger partial charge is 0.0991 e. The molecular weight excluding hydrogens is 176 g/mol. The van der Waals surface area contributed by atoms with Gasteiger partial charge in [0.05, 0.1) is 23.3 Å². The number of rotatable bonds is 1. The lowest BCUT2D eigenvalue weighted by Gasteiger charge is -2.06. The first-order chi connectivity index (χ1) is 6.72. The molecule has 1 aromatic carbocycles. The van der Waals surface area contributed by atoms with Crippen LogP contribution in [-0.4, -0.2) is 10.1 Å². The van der Waals surface area contributed by atoms with E-state index in [-0.39, 0.29) is 0 Å². The second-order valence-electron chi connectivity index (χ2n) is 3.30. The topological polar surface area (TPSA) is 59.8 Å². The minimum absolute atomic E-state index is 0.565. The van der Waals surface area contributed by atoms with E-state index in [1.54, 1.807) is 25.3 Å². The minimum atomic E-state index is -0.565. The fourth-order valence-corrected chi connectivity index (χ4v) is 1.59. The second-order valence-corrected chi connectivity index (χ2v) is 3.30. The van der Waals surface area contributed by atoms with Crippen molar-refractivity contribution in [1.29, 1.82) is 5.26 Å². The number of benzene rings is 1. The summed E-state index contributed by atoms with van der Waals surface area (Å²) in [6.45, 7) is 1.69. The third-order valence-electron chi connectivity index (χ3n) is 2.27. The Bertz CT molecular complexity index is 505. The molecule has 1 atom stereocenters. The lowest BCUT2D eigenvalue weighted by Crippen LogP contribution is -1.93. The molecule has 1 unspecified atom stereocenters. The van der Waals surface area contributed by atoms with Crippen LogP contribution in [0.3, 0.4) is 0 Å². The average molecular weight is 186 g/mol. The van der Waals surface area contributed by atoms with Crippen molar-refractivity contribution in [3.63, 3.8) is 0 Å². The van der Waals surface area contributed by atoms with E-state index >= 15 is 0 Å². The molecule has 0 bridgehead atoms. The summed E-state index contributed by atoms with van der Waals surface area (Å²) in [5.41, 5.74) is 2.25. The van der Waals surface area contributed by atoms with E-state index in [0.29, 0.717) is 5.56 Å². The predicted octanol–water partition coefficient (Wildman–Crippen LogP) is 2.09. The number of aromatic amines is 1. The zero-order valence-electron chi connectivity index (χ0n) is 7.78. The highest BCUT2D eigenvalue weighted by Crippen LogP contribution is 2.24. The lowest BCUT2D eigenvalue weighted by atomic mass is 10.0. The van der Waals surface area contributed by atoms with Gasteiger partial charge < -0.3 is 10.1 Å². The Morgan fingerprint density at radius 3 is 2.93 bits per heavy atom. The molecule has 3 nitrogen and oxygen atoms in total. The van der Waals surface area contributed by atoms with Gasteiger partial charge in [0.25, 0.3) is 0 Å². The molecule has 2 aromatic rings. The van der Waals surface area contributed by atoms with Crippen molar-refractivity contribution < 1.29 is 5.11 Å². The number of hydrogen-bond acceptors (Lipinski definition) is 2. The number of nitrogens with zero attached hydrogens (tertiary/aromatic N) is 1. The van der Waals surface area contributed by atoms with Gasteiger partial charge in [0, 0.05) is 17.1 Å². The molecule has 0 saturated heterocycles. The molecule has 0 radical (unpaired) electrons. The van der Waals surface area contributed by atoms with Crippen LogP contribution in [0.5, 0.6) is 0 Å². The second kappa shape index (κ2) is 3.17. The Kier molecular flexibility index (Phi) is 1.99. The molecule has 2 N–H and O–H groups in total. The summed E-state index contributed by atoms with van der Waals surface area (Å²) < 4.78 is 0. The molecule has 0 aliphatic heterocycles. The predicted molar refractivity (Wildman–Crippen MR) is 53.6 cm³/mol. The fourth-order valence-electron chi connectivity index (χ4n) is 1.59. The molecule has 0 aliphatic carbocycles. The zero-order chi connectivity index (χ0) is 10.1. The number of aliphatic hydroxyl groups is 1. The Hall–Kier alpha value is -1.79. The van der Waals surface area contributed by atoms with Crippen LogP contribution in [-0.2, 0) is 0 Å². The molecule has 0 spiro atoms. The van der Waals surface area contributed by atoms with Crippen molar-refractivity contribution in [1.82, 2.24) is 4.98 Å². The third-order valence-corrected chi connectivity index (χ3v) is 2.27. The van der Waals surface area contributed by atoms with Crippen LogP contribution < -0.4 is 0 Å². The van der Waals surface area contributed by atoms with Crippen LogP contribution in [0.4, 0.5) is 0 Å². The van der Waals surface area contributed by atoms with E-state index in [9.17, 15) is 5.11 Å². The zero-order valence-corrected chi connectivity index (χ0v) is 7.78. The highest BCUT2D eigenvalue weighted by Gasteiger charge is 2.09. The summed E-state index contributed by atoms with van der Waals surface area (Å²) in [6, 6.07) is 7.49. The normalized spacial score (nSPS) is 12.6. The van der Waals surface area contributed by atoms with E-state index in [2.05, 4.69) is 11.1 Å². The van der Waals surface area contributed by atoms with Crippen molar-refractivity contribution in [2.45, 2.75) is 13.0 Å². The molecule has 0 amide bonds. The lowest BCUT2D eigenvalue weighted by molar-refractivity contribution is 0.200. The highest BCUT2D eigenvalue weighted by molar-refractivity contribution is 5.84. The first kappa shape index (κ1) is 8.79. The van der Waals surface area contributed by atoms with Gasteiger partial charge in [-0.15, -0.1) is 0 Å². The molecule has 0 saturated carbocycles. The first-order valence-electron chi connectivity index (χ1n) is 4.41. The van der Waals surface area contributed by atoms with Gasteiger partial charge >= 0.3 is 0 Å². The summed E-state index contributed by atoms with van der Waals surface area (Å²) in [4.78, 5) is 3.05. The number of H-pyrrole nitrogens is 1. The molecule has 0 fully saturated rings. The fraction of sp³-hybridized carbons (Fsp3) is 0.182. The number of aliphatic hydroxyl groups excluding tert-OH is 1. The number of nitrogens with one attached hydrogen (secondary N) is 1. The van der Waals surface area contributed by atoms with E-state index in [1.807, 2.05) is 6.07 Å². The van der Waals surface area contributed by atoms with E-state index in [1.165, 1.54) is 0 Å². The van der Waals surface area contributed by atoms with Crippen LogP contribution in [0.1, 0.15) is 24.2 Å². The Labute approximate surface area is 81.6 Å². The molecule has 1 aromatic heterocycles. The Balaban J connectivity index is 2.78. The van der Waals surface area contributed by atoms with Gasteiger partial charge in [-0.1, -0.05) is 0 Å². The van der Waals surface area contributed by atoms with Gasteiger partial charge in [-0.05, 0) is 25.1 Å². The number of aromatic nitrogens is 1. The van der Waals surface area contributed by atoms with Gasteiger partial charge in [-0.25, -0.2) is 0 Å². The maximum absolute atomic E-state index is 9.53. The molecule has 3 heteroatoms. The molecular formula is C11H10N2O. The van der Waals surface area contributed by atoms with Gasteiger partial charge in [0.1, 0.15) is 0 Å². The maximum Gasteiger partial charge on any atom is 0.0991 e. The molecule has 70 valence electrons. The van der Waals surface area contributed by atoms with Crippen LogP contribution in [0.25, 0.3) is 10.9 Å². The van der Waals surface area contributed by atoms with Crippen LogP contribution in [0.15, 0.2) is 24.4 Å². The number of fused-ring (bicyclic) bond motifs is 1. The molecule has 1 heterocycles. The van der Waals surface area contributed by atoms with Crippen molar-refractivity contribution >= 4 is 10.9 Å². The van der Waals surface area contributed by atoms with Crippen molar-refractivity contribution in [3.8, 4) is 6.07 Å². The largest absolute Gasteiger partial charge is 0.389 e. The molecule has 14 heavy (non-hydrogen) atoms. The van der Waals surface area contributed by atoms with E-state index < -0.39 is 6.10 Å². The quantitative estimate of drug-likeness (QED) is 0.716. The van der Waals surface area contributed by atoms with E-state index in [4.69, 9.17) is 5.26 Å². The Morgan fingerprint density at radius 1 is 1.50 bits per heavy atom. The molecule has 2 rings (SSSR count). The standard InChI is InChI=1S/C11H10N2O/c1-7(14)10-5-8(6-12)4-9-2-3-13-11(9)10/h2-5,7,13-14H,1H3. The van der Waals surface area contributed by atoms with Crippen molar-refractivity contribution in [3.05, 3.63) is 35.5 Å². The average Bonchev–Trinajstić information content (AvgIpc) is 2.63. The van der Waals surface area contributed by atoms with Gasteiger partial charge in [0.15, 0.2) is 0 Å². The number of nitriles is 1. The summed E-state index contributed by atoms with van der Waals surface area (Å²) in [7, 11) is 0. The highest BCUT2D eigenvalue weighted by atomic mass is 16.3. The van der Waals surface area contributed by atoms with Crippen LogP contribution >= 0.6 is 0 Å². The van der Waals surface area contributed by atoms with Crippen molar-refractivity contribution in [2.24, 2.45) is 0 Å². The monoisotopic (exact) mass is 186 g/mol.